The predicted molar refractivity (Wildman–Crippen MR) is 113 cm³/mol. The molecular weight excluding hydrogens is 420 g/mol. The van der Waals surface area contributed by atoms with Crippen molar-refractivity contribution in [3.63, 3.8) is 0 Å². The molecule has 1 N–H and O–H groups in total. The van der Waals surface area contributed by atoms with Crippen molar-refractivity contribution in [1.82, 2.24) is 15.0 Å². The van der Waals surface area contributed by atoms with Crippen LogP contribution in [0, 0.1) is 0 Å². The van der Waals surface area contributed by atoms with Gasteiger partial charge in [-0.1, -0.05) is 60.1 Å². The normalized spacial score (nSPS) is 11.3. The minimum absolute atomic E-state index is 0.182. The molecule has 0 aliphatic carbocycles. The van der Waals surface area contributed by atoms with E-state index in [1.54, 1.807) is 11.9 Å². The zero-order valence-electron chi connectivity index (χ0n) is 16.4. The topological polar surface area (TPSA) is 71.3 Å². The maximum Gasteiger partial charge on any atom is 0.321 e. The number of nitrogens with zero attached hydrogens (tertiary/aromatic N) is 3. The Labute approximate surface area is 173 Å². The molecule has 0 atom stereocenters. The van der Waals surface area contributed by atoms with Gasteiger partial charge in [-0.2, -0.15) is 4.98 Å². The van der Waals surface area contributed by atoms with Crippen molar-refractivity contribution in [2.75, 3.05) is 12.4 Å². The Morgan fingerprint density at radius 3 is 2.43 bits per heavy atom. The van der Waals surface area contributed by atoms with Gasteiger partial charge in [-0.15, -0.1) is 0 Å². The van der Waals surface area contributed by atoms with E-state index in [0.29, 0.717) is 23.9 Å². The third-order valence-corrected chi connectivity index (χ3v) is 4.95. The molecule has 0 aliphatic rings. The second-order valence-electron chi connectivity index (χ2n) is 7.63. The highest BCUT2D eigenvalue weighted by molar-refractivity contribution is 9.10. The van der Waals surface area contributed by atoms with E-state index in [4.69, 9.17) is 4.52 Å². The number of anilines is 1. The van der Waals surface area contributed by atoms with Gasteiger partial charge in [0.05, 0.1) is 0 Å². The van der Waals surface area contributed by atoms with Crippen LogP contribution in [0.4, 0.5) is 10.5 Å². The first-order chi connectivity index (χ1) is 13.2. The highest BCUT2D eigenvalue weighted by Crippen LogP contribution is 2.25. The first kappa shape index (κ1) is 20.1. The van der Waals surface area contributed by atoms with E-state index in [0.717, 1.165) is 15.6 Å². The monoisotopic (exact) mass is 442 g/mol. The van der Waals surface area contributed by atoms with Gasteiger partial charge in [0.15, 0.2) is 0 Å². The van der Waals surface area contributed by atoms with Crippen molar-refractivity contribution in [3.05, 3.63) is 64.5 Å². The van der Waals surface area contributed by atoms with Crippen LogP contribution in [0.3, 0.4) is 0 Å². The zero-order valence-corrected chi connectivity index (χ0v) is 17.9. The van der Waals surface area contributed by atoms with Gasteiger partial charge >= 0.3 is 6.03 Å². The lowest BCUT2D eigenvalue weighted by atomic mass is 9.97. The molecule has 7 heteroatoms. The Bertz CT molecular complexity index is 961. The number of urea groups is 1. The van der Waals surface area contributed by atoms with Gasteiger partial charge in [-0.25, -0.2) is 4.79 Å². The smallest absolute Gasteiger partial charge is 0.321 e. The number of halogens is 1. The Morgan fingerprint density at radius 1 is 1.14 bits per heavy atom. The van der Waals surface area contributed by atoms with Crippen LogP contribution in [0.15, 0.2) is 57.5 Å². The number of carbonyl (C=O) groups excluding carboxylic acids is 1. The number of hydrogen-bond acceptors (Lipinski definition) is 4. The number of rotatable bonds is 4. The van der Waals surface area contributed by atoms with Gasteiger partial charge < -0.3 is 14.7 Å². The van der Waals surface area contributed by atoms with E-state index < -0.39 is 0 Å². The lowest BCUT2D eigenvalue weighted by molar-refractivity contribution is 0.220. The van der Waals surface area contributed by atoms with Crippen LogP contribution < -0.4 is 5.32 Å². The molecule has 6 nitrogen and oxygen atoms in total. The fourth-order valence-corrected chi connectivity index (χ4v) is 2.93. The van der Waals surface area contributed by atoms with Crippen molar-refractivity contribution in [1.29, 1.82) is 0 Å². The first-order valence-electron chi connectivity index (χ1n) is 8.94. The third kappa shape index (κ3) is 4.78. The minimum Gasteiger partial charge on any atom is -0.338 e. The highest BCUT2D eigenvalue weighted by Gasteiger charge is 2.22. The van der Waals surface area contributed by atoms with Crippen LogP contribution >= 0.6 is 15.9 Å². The number of aromatic nitrogens is 2. The summed E-state index contributed by atoms with van der Waals surface area (Å²) in [5.74, 6) is 1.13. The minimum atomic E-state index is -0.197. The number of benzene rings is 2. The summed E-state index contributed by atoms with van der Waals surface area (Å²) >= 11 is 3.51. The van der Waals surface area contributed by atoms with E-state index in [1.165, 1.54) is 0 Å². The molecule has 0 bridgehead atoms. The molecule has 146 valence electrons. The van der Waals surface area contributed by atoms with Crippen LogP contribution in [0.25, 0.3) is 11.4 Å². The molecule has 2 amide bonds. The van der Waals surface area contributed by atoms with Crippen LogP contribution in [0.5, 0.6) is 0 Å². The van der Waals surface area contributed by atoms with E-state index in [9.17, 15) is 4.79 Å². The summed E-state index contributed by atoms with van der Waals surface area (Å²) in [5.41, 5.74) is 2.38. The van der Waals surface area contributed by atoms with Gasteiger partial charge in [0.1, 0.15) is 0 Å². The van der Waals surface area contributed by atoms with Gasteiger partial charge in [0.2, 0.25) is 11.7 Å². The summed E-state index contributed by atoms with van der Waals surface area (Å²) in [6, 6.07) is 15.0. The Hall–Kier alpha value is -2.67. The van der Waals surface area contributed by atoms with Gasteiger partial charge in [-0.05, 0) is 35.9 Å². The van der Waals surface area contributed by atoms with E-state index in [1.807, 2.05) is 69.3 Å². The van der Waals surface area contributed by atoms with Crippen LogP contribution in [0.1, 0.15) is 32.2 Å². The lowest BCUT2D eigenvalue weighted by Crippen LogP contribution is -2.30. The SMILES string of the molecule is CN(Cc1ccccc1Br)C(=O)Nc1ccc(-c2noc(C(C)(C)C)n2)cc1. The van der Waals surface area contributed by atoms with E-state index in [-0.39, 0.29) is 11.4 Å². The molecule has 0 spiro atoms. The lowest BCUT2D eigenvalue weighted by Gasteiger charge is -2.19. The van der Waals surface area contributed by atoms with Crippen molar-refractivity contribution in [2.45, 2.75) is 32.7 Å². The quantitative estimate of drug-likeness (QED) is 0.581. The fraction of sp³-hybridized carbons (Fsp3) is 0.286. The molecule has 3 aromatic rings. The maximum absolute atomic E-state index is 12.5. The molecule has 2 aromatic carbocycles. The maximum atomic E-state index is 12.5. The van der Waals surface area contributed by atoms with Gasteiger partial charge in [0.25, 0.3) is 0 Å². The summed E-state index contributed by atoms with van der Waals surface area (Å²) in [5, 5.41) is 6.94. The highest BCUT2D eigenvalue weighted by atomic mass is 79.9. The van der Waals surface area contributed by atoms with Gasteiger partial charge in [-0.3, -0.25) is 0 Å². The van der Waals surface area contributed by atoms with E-state index >= 15 is 0 Å². The molecule has 1 aromatic heterocycles. The largest absolute Gasteiger partial charge is 0.338 e. The summed E-state index contributed by atoms with van der Waals surface area (Å²) in [7, 11) is 1.76. The van der Waals surface area contributed by atoms with Crippen LogP contribution in [0.2, 0.25) is 0 Å². The number of hydrogen-bond donors (Lipinski definition) is 1. The molecule has 1 heterocycles. The van der Waals surface area contributed by atoms with Crippen molar-refractivity contribution < 1.29 is 9.32 Å². The molecule has 0 fully saturated rings. The molecule has 0 unspecified atom stereocenters. The number of carbonyl (C=O) groups is 1. The Balaban J connectivity index is 1.64. The first-order valence-corrected chi connectivity index (χ1v) is 9.73. The number of amides is 2. The van der Waals surface area contributed by atoms with Gasteiger partial charge in [0, 0.05) is 34.7 Å². The molecule has 0 radical (unpaired) electrons. The van der Waals surface area contributed by atoms with Crippen LogP contribution in [-0.2, 0) is 12.0 Å². The van der Waals surface area contributed by atoms with E-state index in [2.05, 4.69) is 31.4 Å². The average Bonchev–Trinajstić information content (AvgIpc) is 3.15. The van der Waals surface area contributed by atoms with Crippen molar-refractivity contribution in [3.8, 4) is 11.4 Å². The molecule has 0 saturated carbocycles. The fourth-order valence-electron chi connectivity index (χ4n) is 2.52. The molecule has 0 aliphatic heterocycles. The molecule has 28 heavy (non-hydrogen) atoms. The standard InChI is InChI=1S/C21H23BrN4O2/c1-21(2,3)19-24-18(25-28-19)14-9-11-16(12-10-14)23-20(27)26(4)13-15-7-5-6-8-17(15)22/h5-12H,13H2,1-4H3,(H,23,27). The molecular formula is C21H23BrN4O2. The Morgan fingerprint density at radius 2 is 1.82 bits per heavy atom. The predicted octanol–water partition coefficient (Wildman–Crippen LogP) is 5.46. The second kappa shape index (κ2) is 8.14. The summed E-state index contributed by atoms with van der Waals surface area (Å²) in [6.07, 6.45) is 0. The average molecular weight is 443 g/mol. The van der Waals surface area contributed by atoms with Crippen LogP contribution in [-0.4, -0.2) is 28.1 Å². The summed E-state index contributed by atoms with van der Waals surface area (Å²) in [4.78, 5) is 18.5. The third-order valence-electron chi connectivity index (χ3n) is 4.17. The summed E-state index contributed by atoms with van der Waals surface area (Å²) in [6.45, 7) is 6.57. The second-order valence-corrected chi connectivity index (χ2v) is 8.48. The Kier molecular flexibility index (Phi) is 5.84. The van der Waals surface area contributed by atoms with Crippen molar-refractivity contribution in [2.24, 2.45) is 0 Å². The molecule has 0 saturated heterocycles. The van der Waals surface area contributed by atoms with Crippen molar-refractivity contribution >= 4 is 27.6 Å². The summed E-state index contributed by atoms with van der Waals surface area (Å²) < 4.78 is 6.31. The zero-order chi connectivity index (χ0) is 20.3. The number of nitrogens with one attached hydrogen (secondary N) is 1. The molecule has 3 rings (SSSR count).